The van der Waals surface area contributed by atoms with Crippen LogP contribution in [0.25, 0.3) is 0 Å². The largest absolute Gasteiger partial charge is 0.481 e. The van der Waals surface area contributed by atoms with E-state index >= 15 is 0 Å². The lowest BCUT2D eigenvalue weighted by Gasteiger charge is -2.04. The molecule has 2 rings (SSSR count). The van der Waals surface area contributed by atoms with E-state index < -0.39 is 0 Å². The summed E-state index contributed by atoms with van der Waals surface area (Å²) in [5, 5.41) is 0. The molecule has 0 atom stereocenters. The van der Waals surface area contributed by atoms with E-state index in [4.69, 9.17) is 10.5 Å². The van der Waals surface area contributed by atoms with Gasteiger partial charge in [0.05, 0.1) is 12.7 Å². The SMILES string of the molecule is COc1ccc(Cc2nc(N)c(C)c(=O)[nH]2)cn1. The lowest BCUT2D eigenvalue weighted by Crippen LogP contribution is -2.17. The second-order valence-electron chi connectivity index (χ2n) is 3.91. The first-order valence-corrected chi connectivity index (χ1v) is 5.44. The molecule has 2 heterocycles. The van der Waals surface area contributed by atoms with Gasteiger partial charge in [0, 0.05) is 18.7 Å². The monoisotopic (exact) mass is 246 g/mol. The summed E-state index contributed by atoms with van der Waals surface area (Å²) in [5.41, 5.74) is 6.80. The highest BCUT2D eigenvalue weighted by molar-refractivity contribution is 5.36. The van der Waals surface area contributed by atoms with Crippen LogP contribution in [0.5, 0.6) is 5.88 Å². The molecular formula is C12H14N4O2. The van der Waals surface area contributed by atoms with Crippen molar-refractivity contribution < 1.29 is 4.74 Å². The van der Waals surface area contributed by atoms with Crippen molar-refractivity contribution in [2.24, 2.45) is 0 Å². The molecule has 0 saturated heterocycles. The van der Waals surface area contributed by atoms with Crippen LogP contribution in [0.1, 0.15) is 17.0 Å². The zero-order valence-electron chi connectivity index (χ0n) is 10.2. The van der Waals surface area contributed by atoms with Gasteiger partial charge in [-0.3, -0.25) is 4.79 Å². The lowest BCUT2D eigenvalue weighted by molar-refractivity contribution is 0.397. The van der Waals surface area contributed by atoms with E-state index in [1.165, 1.54) is 0 Å². The number of rotatable bonds is 3. The van der Waals surface area contributed by atoms with Crippen molar-refractivity contribution in [3.05, 3.63) is 45.6 Å². The molecule has 0 aliphatic heterocycles. The van der Waals surface area contributed by atoms with Crippen LogP contribution >= 0.6 is 0 Å². The molecule has 0 bridgehead atoms. The van der Waals surface area contributed by atoms with Gasteiger partial charge in [-0.2, -0.15) is 0 Å². The number of nitrogens with zero attached hydrogens (tertiary/aromatic N) is 2. The predicted octanol–water partition coefficient (Wildman–Crippen LogP) is 0.655. The molecule has 18 heavy (non-hydrogen) atoms. The molecule has 0 spiro atoms. The fraction of sp³-hybridized carbons (Fsp3) is 0.250. The topological polar surface area (TPSA) is 93.9 Å². The number of ether oxygens (including phenoxy) is 1. The Hall–Kier alpha value is -2.37. The molecule has 0 unspecified atom stereocenters. The molecule has 0 aliphatic carbocycles. The number of pyridine rings is 1. The van der Waals surface area contributed by atoms with Crippen LogP contribution in [-0.4, -0.2) is 22.1 Å². The van der Waals surface area contributed by atoms with E-state index in [-0.39, 0.29) is 11.4 Å². The number of nitrogens with two attached hydrogens (primary N) is 1. The maximum Gasteiger partial charge on any atom is 0.255 e. The Morgan fingerprint density at radius 1 is 1.44 bits per heavy atom. The van der Waals surface area contributed by atoms with Gasteiger partial charge in [0.15, 0.2) is 0 Å². The number of hydrogen-bond donors (Lipinski definition) is 2. The number of methoxy groups -OCH3 is 1. The van der Waals surface area contributed by atoms with Crippen molar-refractivity contribution in [2.45, 2.75) is 13.3 Å². The molecule has 0 aliphatic rings. The van der Waals surface area contributed by atoms with Gasteiger partial charge >= 0.3 is 0 Å². The molecule has 94 valence electrons. The predicted molar refractivity (Wildman–Crippen MR) is 67.6 cm³/mol. The highest BCUT2D eigenvalue weighted by Crippen LogP contribution is 2.10. The fourth-order valence-electron chi connectivity index (χ4n) is 1.51. The molecule has 2 aromatic rings. The van der Waals surface area contributed by atoms with Crippen LogP contribution in [0.15, 0.2) is 23.1 Å². The Bertz CT molecular complexity index is 604. The van der Waals surface area contributed by atoms with Gasteiger partial charge in [-0.1, -0.05) is 6.07 Å². The van der Waals surface area contributed by atoms with E-state index in [0.29, 0.717) is 23.7 Å². The van der Waals surface area contributed by atoms with Crippen LogP contribution in [0.2, 0.25) is 0 Å². The third-order valence-corrected chi connectivity index (χ3v) is 2.62. The number of nitrogens with one attached hydrogen (secondary N) is 1. The normalized spacial score (nSPS) is 10.3. The van der Waals surface area contributed by atoms with E-state index in [9.17, 15) is 4.79 Å². The summed E-state index contributed by atoms with van der Waals surface area (Å²) in [6.45, 7) is 1.64. The number of nitrogen functional groups attached to an aromatic ring is 1. The highest BCUT2D eigenvalue weighted by Gasteiger charge is 2.05. The summed E-state index contributed by atoms with van der Waals surface area (Å²) >= 11 is 0. The molecular weight excluding hydrogens is 232 g/mol. The van der Waals surface area contributed by atoms with E-state index in [1.54, 1.807) is 26.3 Å². The van der Waals surface area contributed by atoms with Crippen molar-refractivity contribution in [1.29, 1.82) is 0 Å². The first kappa shape index (κ1) is 12.1. The summed E-state index contributed by atoms with van der Waals surface area (Å²) in [7, 11) is 1.56. The summed E-state index contributed by atoms with van der Waals surface area (Å²) < 4.78 is 4.97. The van der Waals surface area contributed by atoms with Crippen molar-refractivity contribution in [1.82, 2.24) is 15.0 Å². The molecule has 0 radical (unpaired) electrons. The number of aromatic amines is 1. The second kappa shape index (κ2) is 4.87. The van der Waals surface area contributed by atoms with Crippen molar-refractivity contribution >= 4 is 5.82 Å². The Morgan fingerprint density at radius 2 is 2.22 bits per heavy atom. The molecule has 2 aromatic heterocycles. The van der Waals surface area contributed by atoms with Gasteiger partial charge in [-0.25, -0.2) is 9.97 Å². The molecule has 0 amide bonds. The molecule has 0 aromatic carbocycles. The van der Waals surface area contributed by atoms with Gasteiger partial charge in [0.1, 0.15) is 11.6 Å². The number of H-pyrrole nitrogens is 1. The minimum absolute atomic E-state index is 0.209. The van der Waals surface area contributed by atoms with Crippen LogP contribution in [0.3, 0.4) is 0 Å². The molecule has 6 nitrogen and oxygen atoms in total. The maximum absolute atomic E-state index is 11.5. The fourth-order valence-corrected chi connectivity index (χ4v) is 1.51. The van der Waals surface area contributed by atoms with Gasteiger partial charge < -0.3 is 15.5 Å². The van der Waals surface area contributed by atoms with Crippen LogP contribution in [0.4, 0.5) is 5.82 Å². The molecule has 0 fully saturated rings. The first-order chi connectivity index (χ1) is 8.60. The third-order valence-electron chi connectivity index (χ3n) is 2.62. The van der Waals surface area contributed by atoms with E-state index in [0.717, 1.165) is 5.56 Å². The minimum Gasteiger partial charge on any atom is -0.481 e. The van der Waals surface area contributed by atoms with E-state index in [1.807, 2.05) is 6.07 Å². The Kier molecular flexibility index (Phi) is 3.27. The van der Waals surface area contributed by atoms with Gasteiger partial charge in [-0.05, 0) is 12.5 Å². The lowest BCUT2D eigenvalue weighted by atomic mass is 10.2. The first-order valence-electron chi connectivity index (χ1n) is 5.44. The Labute approximate surface area is 104 Å². The van der Waals surface area contributed by atoms with Crippen LogP contribution in [-0.2, 0) is 6.42 Å². The van der Waals surface area contributed by atoms with Crippen LogP contribution in [0, 0.1) is 6.92 Å². The number of aromatic nitrogens is 3. The smallest absolute Gasteiger partial charge is 0.255 e. The molecule has 3 N–H and O–H groups in total. The average Bonchev–Trinajstić information content (AvgIpc) is 2.37. The summed E-state index contributed by atoms with van der Waals surface area (Å²) in [4.78, 5) is 22.4. The third kappa shape index (κ3) is 2.48. The number of hydrogen-bond acceptors (Lipinski definition) is 5. The zero-order chi connectivity index (χ0) is 13.1. The zero-order valence-corrected chi connectivity index (χ0v) is 10.2. The van der Waals surface area contributed by atoms with Crippen LogP contribution < -0.4 is 16.0 Å². The summed E-state index contributed by atoms with van der Waals surface area (Å²) in [5.74, 6) is 1.33. The standard InChI is InChI=1S/C12H14N4O2/c1-7-11(13)15-9(16-12(7)17)5-8-3-4-10(18-2)14-6-8/h3-4,6H,5H2,1-2H3,(H3,13,15,16,17). The van der Waals surface area contributed by atoms with Gasteiger partial charge in [0.2, 0.25) is 5.88 Å². The van der Waals surface area contributed by atoms with Crippen molar-refractivity contribution in [2.75, 3.05) is 12.8 Å². The molecule has 0 saturated carbocycles. The quantitative estimate of drug-likeness (QED) is 0.829. The highest BCUT2D eigenvalue weighted by atomic mass is 16.5. The number of anilines is 1. The summed E-state index contributed by atoms with van der Waals surface area (Å²) in [6, 6.07) is 3.62. The Morgan fingerprint density at radius 3 is 2.78 bits per heavy atom. The minimum atomic E-state index is -0.209. The van der Waals surface area contributed by atoms with Crippen molar-refractivity contribution in [3.63, 3.8) is 0 Å². The van der Waals surface area contributed by atoms with Crippen molar-refractivity contribution in [3.8, 4) is 5.88 Å². The van der Waals surface area contributed by atoms with Gasteiger partial charge in [0.25, 0.3) is 5.56 Å². The summed E-state index contributed by atoms with van der Waals surface area (Å²) in [6.07, 6.45) is 2.14. The second-order valence-corrected chi connectivity index (χ2v) is 3.91. The maximum atomic E-state index is 11.5. The van der Waals surface area contributed by atoms with E-state index in [2.05, 4.69) is 15.0 Å². The average molecular weight is 246 g/mol. The Balaban J connectivity index is 2.25. The van der Waals surface area contributed by atoms with Gasteiger partial charge in [-0.15, -0.1) is 0 Å². The molecule has 6 heteroatoms.